The summed E-state index contributed by atoms with van der Waals surface area (Å²) in [5.41, 5.74) is 5.42. The topological polar surface area (TPSA) is 114 Å². The number of aromatic hydroxyl groups is 1. The Morgan fingerprint density at radius 3 is 2.46 bits per heavy atom. The predicted molar refractivity (Wildman–Crippen MR) is 157 cm³/mol. The van der Waals surface area contributed by atoms with Crippen LogP contribution in [0.1, 0.15) is 21.3 Å². The molecule has 2 heterocycles. The van der Waals surface area contributed by atoms with Gasteiger partial charge in [0.1, 0.15) is 11.2 Å². The summed E-state index contributed by atoms with van der Waals surface area (Å²) in [5, 5.41) is 11.2. The van der Waals surface area contributed by atoms with E-state index in [1.165, 1.54) is 34.5 Å². The molecule has 10 heteroatoms. The zero-order valence-corrected chi connectivity index (χ0v) is 22.7. The van der Waals surface area contributed by atoms with Gasteiger partial charge in [-0.3, -0.25) is 24.4 Å². The van der Waals surface area contributed by atoms with Gasteiger partial charge in [0.25, 0.3) is 17.4 Å². The van der Waals surface area contributed by atoms with Crippen LogP contribution in [0.4, 0.5) is 0 Å². The molecule has 9 nitrogen and oxygen atoms in total. The highest BCUT2D eigenvalue weighted by molar-refractivity contribution is 8.00. The highest BCUT2D eigenvalue weighted by Gasteiger charge is 2.35. The minimum atomic E-state index is -0.490. The van der Waals surface area contributed by atoms with Crippen molar-refractivity contribution >= 4 is 34.5 Å². The van der Waals surface area contributed by atoms with Crippen molar-refractivity contribution < 1.29 is 19.4 Å². The first-order valence-electron chi connectivity index (χ1n) is 12.7. The molecule has 0 radical (unpaired) electrons. The second-order valence-electron chi connectivity index (χ2n) is 9.31. The predicted octanol–water partition coefficient (Wildman–Crippen LogP) is 4.69. The quantitative estimate of drug-likeness (QED) is 0.308. The van der Waals surface area contributed by atoms with E-state index in [1.54, 1.807) is 54.6 Å². The molecule has 5 aromatic rings. The number of hydrogen-bond acceptors (Lipinski definition) is 7. The second kappa shape index (κ2) is 10.8. The number of carbonyl (C=O) groups is 2. The Bertz CT molecular complexity index is 1840. The van der Waals surface area contributed by atoms with Crippen molar-refractivity contribution in [3.05, 3.63) is 119 Å². The van der Waals surface area contributed by atoms with E-state index >= 15 is 0 Å². The number of hydrazine groups is 1. The summed E-state index contributed by atoms with van der Waals surface area (Å²) in [7, 11) is 1.44. The number of phenolic OH excluding ortho intramolecular Hbond substituents is 1. The molecule has 1 aliphatic rings. The molecular formula is C31H24N4O5S. The molecule has 1 saturated heterocycles. The van der Waals surface area contributed by atoms with E-state index in [9.17, 15) is 19.5 Å². The third-order valence-corrected chi connectivity index (χ3v) is 7.99. The first kappa shape index (κ1) is 26.1. The van der Waals surface area contributed by atoms with Crippen LogP contribution in [-0.2, 0) is 4.79 Å². The molecule has 1 fully saturated rings. The second-order valence-corrected chi connectivity index (χ2v) is 10.4. The first-order valence-corrected chi connectivity index (χ1v) is 13.8. The normalized spacial score (nSPS) is 14.8. The van der Waals surface area contributed by atoms with Gasteiger partial charge in [-0.1, -0.05) is 48.5 Å². The van der Waals surface area contributed by atoms with Crippen LogP contribution < -0.4 is 15.7 Å². The summed E-state index contributed by atoms with van der Waals surface area (Å²) in [4.78, 5) is 44.3. The highest BCUT2D eigenvalue weighted by atomic mass is 32.2. The molecule has 4 aromatic carbocycles. The lowest BCUT2D eigenvalue weighted by Gasteiger charge is -2.25. The van der Waals surface area contributed by atoms with E-state index in [0.29, 0.717) is 33.5 Å². The molecular weight excluding hydrogens is 540 g/mol. The Kier molecular flexibility index (Phi) is 6.90. The number of phenols is 1. The summed E-state index contributed by atoms with van der Waals surface area (Å²) in [6.07, 6.45) is 0. The molecule has 2 amide bonds. The monoisotopic (exact) mass is 564 g/mol. The molecule has 0 spiro atoms. The Balaban J connectivity index is 1.31. The number of carbonyl (C=O) groups excluding carboxylic acids is 2. The average Bonchev–Trinajstić information content (AvgIpc) is 3.37. The number of hydrogen-bond donors (Lipinski definition) is 2. The van der Waals surface area contributed by atoms with Gasteiger partial charge in [-0.15, -0.1) is 11.8 Å². The van der Waals surface area contributed by atoms with Crippen LogP contribution in [0.3, 0.4) is 0 Å². The number of para-hydroxylation sites is 1. The number of amides is 2. The third kappa shape index (κ3) is 4.89. The van der Waals surface area contributed by atoms with E-state index in [0.717, 1.165) is 5.56 Å². The Morgan fingerprint density at radius 2 is 1.71 bits per heavy atom. The molecule has 0 saturated carbocycles. The Morgan fingerprint density at radius 1 is 0.976 bits per heavy atom. The van der Waals surface area contributed by atoms with Crippen LogP contribution in [0.5, 0.6) is 11.5 Å². The average molecular weight is 565 g/mol. The summed E-state index contributed by atoms with van der Waals surface area (Å²) in [5.74, 6) is 0.204. The maximum Gasteiger partial charge on any atom is 0.269 e. The zero-order chi connectivity index (χ0) is 28.5. The molecule has 1 atom stereocenters. The van der Waals surface area contributed by atoms with E-state index in [4.69, 9.17) is 9.72 Å². The molecule has 1 aliphatic heterocycles. The number of fused-ring (bicyclic) bond motifs is 1. The number of nitrogens with zero attached hydrogens (tertiary/aromatic N) is 3. The molecule has 0 bridgehead atoms. The number of ether oxygens (including phenoxy) is 1. The number of nitrogens with one attached hydrogen (secondary N) is 1. The molecule has 6 rings (SSSR count). The summed E-state index contributed by atoms with van der Waals surface area (Å²) in [6, 6.07) is 28.0. The summed E-state index contributed by atoms with van der Waals surface area (Å²) in [6.45, 7) is 0. The summed E-state index contributed by atoms with van der Waals surface area (Å²) >= 11 is 1.36. The van der Waals surface area contributed by atoms with Crippen LogP contribution in [-0.4, -0.2) is 44.3 Å². The molecule has 0 aliphatic carbocycles. The van der Waals surface area contributed by atoms with Gasteiger partial charge in [-0.25, -0.2) is 9.99 Å². The number of rotatable bonds is 6. The fourth-order valence-electron chi connectivity index (χ4n) is 4.73. The molecule has 1 unspecified atom stereocenters. The number of benzene rings is 4. The van der Waals surface area contributed by atoms with Gasteiger partial charge < -0.3 is 9.84 Å². The SMILES string of the molecule is COc1cc(C2SCC(=O)N2NC(=O)c2ccc(-n3c(-c4ccccc4)nc4ccccc4c3=O)cc2)ccc1O. The van der Waals surface area contributed by atoms with Gasteiger partial charge in [-0.05, 0) is 54.1 Å². The van der Waals surface area contributed by atoms with Gasteiger partial charge in [0.05, 0.1) is 29.5 Å². The lowest BCUT2D eigenvalue weighted by atomic mass is 10.1. The molecule has 2 N–H and O–H groups in total. The highest BCUT2D eigenvalue weighted by Crippen LogP contribution is 2.40. The van der Waals surface area contributed by atoms with Crippen molar-refractivity contribution in [3.8, 4) is 28.6 Å². The fourth-order valence-corrected chi connectivity index (χ4v) is 5.83. The maximum atomic E-state index is 13.6. The first-order chi connectivity index (χ1) is 19.9. The molecule has 204 valence electrons. The van der Waals surface area contributed by atoms with E-state index in [1.807, 2.05) is 36.4 Å². The lowest BCUT2D eigenvalue weighted by Crippen LogP contribution is -2.44. The smallest absolute Gasteiger partial charge is 0.269 e. The van der Waals surface area contributed by atoms with Crippen molar-refractivity contribution in [2.24, 2.45) is 0 Å². The van der Waals surface area contributed by atoms with Crippen LogP contribution in [0.15, 0.2) is 102 Å². The van der Waals surface area contributed by atoms with Crippen molar-refractivity contribution in [2.45, 2.75) is 5.37 Å². The Hall–Kier alpha value is -5.09. The molecule has 1 aromatic heterocycles. The van der Waals surface area contributed by atoms with E-state index in [2.05, 4.69) is 5.43 Å². The number of aromatic nitrogens is 2. The minimum absolute atomic E-state index is 0.0163. The summed E-state index contributed by atoms with van der Waals surface area (Å²) < 4.78 is 6.73. The van der Waals surface area contributed by atoms with Gasteiger partial charge in [0, 0.05) is 11.1 Å². The van der Waals surface area contributed by atoms with Crippen molar-refractivity contribution in [3.63, 3.8) is 0 Å². The van der Waals surface area contributed by atoms with Crippen LogP contribution in [0, 0.1) is 0 Å². The minimum Gasteiger partial charge on any atom is -0.504 e. The maximum absolute atomic E-state index is 13.6. The fraction of sp³-hybridized carbons (Fsp3) is 0.0968. The number of thioether (sulfide) groups is 1. The van der Waals surface area contributed by atoms with Gasteiger partial charge in [0.15, 0.2) is 11.5 Å². The van der Waals surface area contributed by atoms with Crippen molar-refractivity contribution in [1.82, 2.24) is 20.0 Å². The lowest BCUT2D eigenvalue weighted by molar-refractivity contribution is -0.130. The van der Waals surface area contributed by atoms with E-state index in [-0.39, 0.29) is 28.7 Å². The van der Waals surface area contributed by atoms with Gasteiger partial charge in [0.2, 0.25) is 0 Å². The van der Waals surface area contributed by atoms with Crippen molar-refractivity contribution in [2.75, 3.05) is 12.9 Å². The van der Waals surface area contributed by atoms with Crippen LogP contribution >= 0.6 is 11.8 Å². The molecule has 41 heavy (non-hydrogen) atoms. The third-order valence-electron chi connectivity index (χ3n) is 6.77. The zero-order valence-electron chi connectivity index (χ0n) is 21.9. The largest absolute Gasteiger partial charge is 0.504 e. The standard InChI is InChI=1S/C31H24N4O5S/c1-40-26-17-21(13-16-25(26)36)31-35(27(37)18-41-31)33-29(38)20-11-14-22(15-12-20)34-28(19-7-3-2-4-8-19)32-24-10-6-5-9-23(24)30(34)39/h2-17,31,36H,18H2,1H3,(H,33,38). The van der Waals surface area contributed by atoms with E-state index < -0.39 is 11.3 Å². The van der Waals surface area contributed by atoms with Gasteiger partial charge >= 0.3 is 0 Å². The Labute approximate surface area is 239 Å². The van der Waals surface area contributed by atoms with Crippen LogP contribution in [0.2, 0.25) is 0 Å². The van der Waals surface area contributed by atoms with Crippen LogP contribution in [0.25, 0.3) is 28.0 Å². The number of methoxy groups -OCH3 is 1. The van der Waals surface area contributed by atoms with Crippen molar-refractivity contribution in [1.29, 1.82) is 0 Å². The van der Waals surface area contributed by atoms with Gasteiger partial charge in [-0.2, -0.15) is 0 Å².